The molecule has 7 heteroatoms. The number of anilines is 1. The van der Waals surface area contributed by atoms with Crippen LogP contribution in [0.2, 0.25) is 0 Å². The quantitative estimate of drug-likeness (QED) is 0.445. The number of hydrogen-bond donors (Lipinski definition) is 2. The lowest BCUT2D eigenvalue weighted by atomic mass is 10.1. The number of benzene rings is 1. The fourth-order valence-corrected chi connectivity index (χ4v) is 3.01. The number of fused-ring (bicyclic) bond motifs is 3. The van der Waals surface area contributed by atoms with Crippen LogP contribution in [0, 0.1) is 0 Å². The van der Waals surface area contributed by atoms with Gasteiger partial charge in [0.05, 0.1) is 6.21 Å². The molecular weight excluding hydrogens is 308 g/mol. The summed E-state index contributed by atoms with van der Waals surface area (Å²) in [6.45, 7) is 2.13. The first-order valence-corrected chi connectivity index (χ1v) is 8.24. The SMILES string of the molecule is CCc1ccc2[nH]c3nc(N/N=C\c4ccsc4)nnc3c2c1. The average molecular weight is 322 g/mol. The summed E-state index contributed by atoms with van der Waals surface area (Å²) in [4.78, 5) is 7.71. The van der Waals surface area contributed by atoms with Crippen molar-refractivity contribution < 1.29 is 0 Å². The zero-order valence-corrected chi connectivity index (χ0v) is 13.3. The van der Waals surface area contributed by atoms with Crippen LogP contribution in [0.5, 0.6) is 0 Å². The van der Waals surface area contributed by atoms with Gasteiger partial charge in [-0.05, 0) is 40.9 Å². The number of aromatic amines is 1. The fourth-order valence-electron chi connectivity index (χ4n) is 2.40. The lowest BCUT2D eigenvalue weighted by molar-refractivity contribution is 1.01. The van der Waals surface area contributed by atoms with Crippen molar-refractivity contribution in [2.45, 2.75) is 13.3 Å². The molecule has 0 bridgehead atoms. The van der Waals surface area contributed by atoms with Crippen LogP contribution >= 0.6 is 11.3 Å². The lowest BCUT2D eigenvalue weighted by Crippen LogP contribution is -1.98. The van der Waals surface area contributed by atoms with Gasteiger partial charge in [0.15, 0.2) is 5.65 Å². The molecule has 0 aliphatic carbocycles. The number of hydrogen-bond acceptors (Lipinski definition) is 6. The van der Waals surface area contributed by atoms with Crippen molar-refractivity contribution in [3.8, 4) is 0 Å². The van der Waals surface area contributed by atoms with E-state index in [9.17, 15) is 0 Å². The van der Waals surface area contributed by atoms with Crippen LogP contribution in [0.4, 0.5) is 5.95 Å². The molecule has 0 saturated carbocycles. The van der Waals surface area contributed by atoms with Crippen LogP contribution in [0.1, 0.15) is 18.1 Å². The number of nitrogens with one attached hydrogen (secondary N) is 2. The highest BCUT2D eigenvalue weighted by atomic mass is 32.1. The molecule has 114 valence electrons. The van der Waals surface area contributed by atoms with E-state index < -0.39 is 0 Å². The van der Waals surface area contributed by atoms with Crippen LogP contribution in [0.3, 0.4) is 0 Å². The molecule has 2 N–H and O–H groups in total. The highest BCUT2D eigenvalue weighted by Crippen LogP contribution is 2.23. The second kappa shape index (κ2) is 5.77. The molecule has 6 nitrogen and oxygen atoms in total. The average Bonchev–Trinajstić information content (AvgIpc) is 3.21. The standard InChI is InChI=1S/C16H14N6S/c1-2-10-3-4-13-12(7-10)14-15(18-13)19-16(22-20-14)21-17-8-11-5-6-23-9-11/h3-9H,2H2,1H3,(H2,18,19,21,22)/b17-8-. The van der Waals surface area contributed by atoms with Crippen LogP contribution in [0.15, 0.2) is 40.1 Å². The number of nitrogens with zero attached hydrogens (tertiary/aromatic N) is 4. The third-order valence-corrected chi connectivity index (χ3v) is 4.31. The first-order chi connectivity index (χ1) is 11.3. The van der Waals surface area contributed by atoms with Crippen LogP contribution in [-0.4, -0.2) is 26.4 Å². The molecule has 0 atom stereocenters. The third-order valence-electron chi connectivity index (χ3n) is 3.61. The summed E-state index contributed by atoms with van der Waals surface area (Å²) in [5.41, 5.74) is 7.61. The van der Waals surface area contributed by atoms with E-state index in [1.165, 1.54) is 5.56 Å². The Morgan fingerprint density at radius 2 is 2.26 bits per heavy atom. The van der Waals surface area contributed by atoms with Crippen molar-refractivity contribution in [1.29, 1.82) is 0 Å². The van der Waals surface area contributed by atoms with Gasteiger partial charge in [0, 0.05) is 16.5 Å². The van der Waals surface area contributed by atoms with Crippen molar-refractivity contribution >= 4 is 45.6 Å². The molecule has 0 aliphatic rings. The minimum absolute atomic E-state index is 0.367. The molecule has 0 aliphatic heterocycles. The zero-order valence-electron chi connectivity index (χ0n) is 12.4. The van der Waals surface area contributed by atoms with E-state index in [1.54, 1.807) is 17.6 Å². The Hall–Kier alpha value is -2.80. The minimum Gasteiger partial charge on any atom is -0.338 e. The van der Waals surface area contributed by atoms with Gasteiger partial charge in [-0.25, -0.2) is 5.43 Å². The highest BCUT2D eigenvalue weighted by Gasteiger charge is 2.09. The number of hydrazone groups is 1. The van der Waals surface area contributed by atoms with Gasteiger partial charge in [-0.3, -0.25) is 0 Å². The van der Waals surface area contributed by atoms with Gasteiger partial charge in [-0.1, -0.05) is 13.0 Å². The molecule has 4 rings (SSSR count). The van der Waals surface area contributed by atoms with Gasteiger partial charge >= 0.3 is 0 Å². The number of aromatic nitrogens is 4. The lowest BCUT2D eigenvalue weighted by Gasteiger charge is -1.97. The van der Waals surface area contributed by atoms with Gasteiger partial charge in [0.25, 0.3) is 5.95 Å². The van der Waals surface area contributed by atoms with E-state index in [2.05, 4.69) is 55.8 Å². The number of H-pyrrole nitrogens is 1. The maximum absolute atomic E-state index is 4.44. The summed E-state index contributed by atoms with van der Waals surface area (Å²) >= 11 is 1.63. The van der Waals surface area contributed by atoms with Gasteiger partial charge in [-0.15, -0.1) is 10.2 Å². The largest absolute Gasteiger partial charge is 0.338 e. The van der Waals surface area contributed by atoms with E-state index in [0.29, 0.717) is 11.6 Å². The normalized spacial score (nSPS) is 11.7. The number of aryl methyl sites for hydroxylation is 1. The van der Waals surface area contributed by atoms with Crippen LogP contribution < -0.4 is 5.43 Å². The molecule has 4 aromatic rings. The molecule has 23 heavy (non-hydrogen) atoms. The molecule has 0 saturated heterocycles. The zero-order chi connectivity index (χ0) is 15.6. The van der Waals surface area contributed by atoms with Gasteiger partial charge < -0.3 is 4.98 Å². The molecular formula is C16H14N6S. The van der Waals surface area contributed by atoms with E-state index in [1.807, 2.05) is 16.8 Å². The Morgan fingerprint density at radius 1 is 1.30 bits per heavy atom. The molecule has 0 spiro atoms. The second-order valence-corrected chi connectivity index (χ2v) is 5.90. The van der Waals surface area contributed by atoms with E-state index >= 15 is 0 Å². The Balaban J connectivity index is 1.66. The number of thiophene rings is 1. The molecule has 0 fully saturated rings. The Bertz CT molecular complexity index is 987. The van der Waals surface area contributed by atoms with Crippen molar-refractivity contribution in [3.05, 3.63) is 46.2 Å². The van der Waals surface area contributed by atoms with E-state index in [4.69, 9.17) is 0 Å². The first-order valence-electron chi connectivity index (χ1n) is 7.30. The molecule has 3 heterocycles. The molecule has 3 aromatic heterocycles. The summed E-state index contributed by atoms with van der Waals surface area (Å²) in [5.74, 6) is 0.367. The van der Waals surface area contributed by atoms with Gasteiger partial charge in [-0.2, -0.15) is 21.4 Å². The summed E-state index contributed by atoms with van der Waals surface area (Å²) in [7, 11) is 0. The molecule has 0 amide bonds. The van der Waals surface area contributed by atoms with Crippen molar-refractivity contribution in [2.24, 2.45) is 5.10 Å². The summed E-state index contributed by atoms with van der Waals surface area (Å²) in [6, 6.07) is 8.28. The van der Waals surface area contributed by atoms with E-state index in [0.717, 1.165) is 28.4 Å². The Kier molecular flexibility index (Phi) is 3.47. The maximum atomic E-state index is 4.44. The fraction of sp³-hybridized carbons (Fsp3) is 0.125. The molecule has 0 radical (unpaired) electrons. The topological polar surface area (TPSA) is 78.9 Å². The monoisotopic (exact) mass is 322 g/mol. The van der Waals surface area contributed by atoms with Crippen molar-refractivity contribution in [1.82, 2.24) is 20.2 Å². The summed E-state index contributed by atoms with van der Waals surface area (Å²) in [5, 5.41) is 17.6. The van der Waals surface area contributed by atoms with Crippen LogP contribution in [0.25, 0.3) is 22.1 Å². The number of rotatable bonds is 4. The Labute approximate surface area is 136 Å². The smallest absolute Gasteiger partial charge is 0.265 e. The highest BCUT2D eigenvalue weighted by molar-refractivity contribution is 7.08. The van der Waals surface area contributed by atoms with Crippen molar-refractivity contribution in [2.75, 3.05) is 5.43 Å². The third kappa shape index (κ3) is 2.66. The predicted molar refractivity (Wildman–Crippen MR) is 94.1 cm³/mol. The second-order valence-electron chi connectivity index (χ2n) is 5.12. The molecule has 0 unspecified atom stereocenters. The minimum atomic E-state index is 0.367. The molecule has 1 aromatic carbocycles. The summed E-state index contributed by atoms with van der Waals surface area (Å²) < 4.78 is 0. The Morgan fingerprint density at radius 3 is 3.09 bits per heavy atom. The van der Waals surface area contributed by atoms with Crippen LogP contribution in [-0.2, 0) is 6.42 Å². The van der Waals surface area contributed by atoms with E-state index in [-0.39, 0.29) is 0 Å². The maximum Gasteiger partial charge on any atom is 0.265 e. The predicted octanol–water partition coefficient (Wildman–Crippen LogP) is 3.58. The van der Waals surface area contributed by atoms with Gasteiger partial charge in [0.1, 0.15) is 5.52 Å². The van der Waals surface area contributed by atoms with Gasteiger partial charge in [0.2, 0.25) is 0 Å². The first kappa shape index (κ1) is 13.8. The van der Waals surface area contributed by atoms with Crippen molar-refractivity contribution in [3.63, 3.8) is 0 Å². The summed E-state index contributed by atoms with van der Waals surface area (Å²) in [6.07, 6.45) is 2.71.